The van der Waals surface area contributed by atoms with Crippen LogP contribution in [-0.4, -0.2) is 39.9 Å². The zero-order valence-corrected chi connectivity index (χ0v) is 18.0. The van der Waals surface area contributed by atoms with Gasteiger partial charge >= 0.3 is 0 Å². The maximum atomic E-state index is 8.85. The van der Waals surface area contributed by atoms with Gasteiger partial charge in [-0.3, -0.25) is 0 Å². The lowest BCUT2D eigenvalue weighted by Crippen LogP contribution is -2.01. The fraction of sp³-hybridized carbons (Fsp3) is 0.278. The summed E-state index contributed by atoms with van der Waals surface area (Å²) in [6.07, 6.45) is 1.86. The molecule has 0 unspecified atom stereocenters. The van der Waals surface area contributed by atoms with Gasteiger partial charge in [0.2, 0.25) is 0 Å². The molecule has 0 bridgehead atoms. The first-order chi connectivity index (χ1) is 12.5. The Morgan fingerprint density at radius 2 is 1.46 bits per heavy atom. The van der Waals surface area contributed by atoms with Crippen LogP contribution >= 0.6 is 31.9 Å². The molecule has 0 aromatic heterocycles. The standard InChI is InChI=1S/C18H19Br2NO5/c1-23-13-6-10(9-21-22)5-12(17(13)25-3)7-11-8-14(24-2)18(26-4)16(20)15(11)19/h5-6,8-9,22H,7H2,1-4H3. The van der Waals surface area contributed by atoms with Crippen molar-refractivity contribution in [3.8, 4) is 23.0 Å². The van der Waals surface area contributed by atoms with Gasteiger partial charge in [-0.2, -0.15) is 0 Å². The zero-order chi connectivity index (χ0) is 19.3. The van der Waals surface area contributed by atoms with Crippen LogP contribution in [0.1, 0.15) is 16.7 Å². The zero-order valence-electron chi connectivity index (χ0n) is 14.8. The van der Waals surface area contributed by atoms with Crippen molar-refractivity contribution in [2.75, 3.05) is 28.4 Å². The van der Waals surface area contributed by atoms with E-state index in [1.54, 1.807) is 34.5 Å². The van der Waals surface area contributed by atoms with Crippen molar-refractivity contribution in [1.29, 1.82) is 0 Å². The summed E-state index contributed by atoms with van der Waals surface area (Å²) in [6, 6.07) is 5.51. The van der Waals surface area contributed by atoms with E-state index in [4.69, 9.17) is 24.2 Å². The Balaban J connectivity index is 2.60. The number of oxime groups is 1. The Morgan fingerprint density at radius 3 is 2.00 bits per heavy atom. The highest BCUT2D eigenvalue weighted by atomic mass is 79.9. The molecule has 2 rings (SSSR count). The minimum atomic E-state index is 0.520. The molecule has 0 spiro atoms. The lowest BCUT2D eigenvalue weighted by atomic mass is 10.0. The second-order valence-corrected chi connectivity index (χ2v) is 6.82. The summed E-state index contributed by atoms with van der Waals surface area (Å²) in [7, 11) is 6.31. The van der Waals surface area contributed by atoms with Crippen molar-refractivity contribution < 1.29 is 24.2 Å². The van der Waals surface area contributed by atoms with Gasteiger partial charge in [-0.15, -0.1) is 0 Å². The molecule has 8 heteroatoms. The van der Waals surface area contributed by atoms with E-state index >= 15 is 0 Å². The second-order valence-electron chi connectivity index (χ2n) is 5.24. The lowest BCUT2D eigenvalue weighted by molar-refractivity contribution is 0.321. The van der Waals surface area contributed by atoms with Crippen molar-refractivity contribution >= 4 is 38.1 Å². The van der Waals surface area contributed by atoms with E-state index in [0.717, 1.165) is 20.1 Å². The van der Waals surface area contributed by atoms with Crippen LogP contribution < -0.4 is 18.9 Å². The highest BCUT2D eigenvalue weighted by Gasteiger charge is 2.19. The average molecular weight is 489 g/mol. The molecule has 0 heterocycles. The molecule has 0 aliphatic heterocycles. The second kappa shape index (κ2) is 9.14. The summed E-state index contributed by atoms with van der Waals surface area (Å²) in [5, 5.41) is 11.9. The van der Waals surface area contributed by atoms with Crippen LogP contribution in [0.25, 0.3) is 0 Å². The van der Waals surface area contributed by atoms with Crippen LogP contribution in [0.15, 0.2) is 32.3 Å². The predicted octanol–water partition coefficient (Wildman–Crippen LogP) is 4.64. The average Bonchev–Trinajstić information content (AvgIpc) is 2.65. The highest BCUT2D eigenvalue weighted by molar-refractivity contribution is 9.13. The van der Waals surface area contributed by atoms with Gasteiger partial charge in [0.15, 0.2) is 23.0 Å². The number of hydrogen-bond acceptors (Lipinski definition) is 6. The van der Waals surface area contributed by atoms with Crippen molar-refractivity contribution in [1.82, 2.24) is 0 Å². The number of nitrogens with zero attached hydrogens (tertiary/aromatic N) is 1. The monoisotopic (exact) mass is 487 g/mol. The van der Waals surface area contributed by atoms with Crippen LogP contribution in [-0.2, 0) is 6.42 Å². The first-order valence-electron chi connectivity index (χ1n) is 7.51. The Hall–Kier alpha value is -1.93. The minimum Gasteiger partial charge on any atom is -0.493 e. The van der Waals surface area contributed by atoms with Crippen LogP contribution in [0.3, 0.4) is 0 Å². The molecule has 140 valence electrons. The maximum absolute atomic E-state index is 8.85. The molecule has 0 radical (unpaired) electrons. The van der Waals surface area contributed by atoms with Gasteiger partial charge in [0, 0.05) is 22.0 Å². The Bertz CT molecular complexity index is 824. The Kier molecular flexibility index (Phi) is 7.16. The summed E-state index contributed by atoms with van der Waals surface area (Å²) in [5.41, 5.74) is 2.50. The fourth-order valence-electron chi connectivity index (χ4n) is 2.65. The maximum Gasteiger partial charge on any atom is 0.176 e. The van der Waals surface area contributed by atoms with Crippen molar-refractivity contribution in [3.63, 3.8) is 0 Å². The van der Waals surface area contributed by atoms with Gasteiger partial charge in [0.1, 0.15) is 0 Å². The number of halogens is 2. The van der Waals surface area contributed by atoms with E-state index < -0.39 is 0 Å². The quantitative estimate of drug-likeness (QED) is 0.349. The SMILES string of the molecule is COc1cc(C=NO)cc(Cc2cc(OC)c(OC)c(Br)c2Br)c1OC. The molecule has 1 N–H and O–H groups in total. The van der Waals surface area contributed by atoms with E-state index in [0.29, 0.717) is 35.0 Å². The van der Waals surface area contributed by atoms with E-state index in [2.05, 4.69) is 37.0 Å². The summed E-state index contributed by atoms with van der Waals surface area (Å²) >= 11 is 7.14. The summed E-state index contributed by atoms with van der Waals surface area (Å²) in [4.78, 5) is 0. The van der Waals surface area contributed by atoms with Crippen molar-refractivity contribution in [2.45, 2.75) is 6.42 Å². The molecule has 0 saturated carbocycles. The number of rotatable bonds is 7. The summed E-state index contributed by atoms with van der Waals surface area (Å²) < 4.78 is 23.4. The number of hydrogen-bond donors (Lipinski definition) is 1. The third-order valence-electron chi connectivity index (χ3n) is 3.79. The smallest absolute Gasteiger partial charge is 0.176 e. The summed E-state index contributed by atoms with van der Waals surface area (Å²) in [6.45, 7) is 0. The van der Waals surface area contributed by atoms with E-state index in [1.807, 2.05) is 12.1 Å². The molecule has 0 atom stereocenters. The number of methoxy groups -OCH3 is 4. The Labute approximate surface area is 169 Å². The molecule has 2 aromatic carbocycles. The number of benzene rings is 2. The van der Waals surface area contributed by atoms with E-state index in [-0.39, 0.29) is 0 Å². The van der Waals surface area contributed by atoms with Crippen molar-refractivity contribution in [2.24, 2.45) is 5.16 Å². The van der Waals surface area contributed by atoms with Gasteiger partial charge < -0.3 is 24.2 Å². The summed E-state index contributed by atoms with van der Waals surface area (Å²) in [5.74, 6) is 2.38. The van der Waals surface area contributed by atoms with Gasteiger partial charge in [-0.05, 0) is 55.6 Å². The molecule has 6 nitrogen and oxygen atoms in total. The van der Waals surface area contributed by atoms with E-state index in [1.165, 1.54) is 6.21 Å². The molecule has 0 aliphatic rings. The molecular weight excluding hydrogens is 470 g/mol. The highest BCUT2D eigenvalue weighted by Crippen LogP contribution is 2.44. The van der Waals surface area contributed by atoms with Gasteiger partial charge in [0.05, 0.1) is 39.1 Å². The van der Waals surface area contributed by atoms with E-state index in [9.17, 15) is 0 Å². The van der Waals surface area contributed by atoms with Gasteiger partial charge in [0.25, 0.3) is 0 Å². The normalized spacial score (nSPS) is 10.8. The molecule has 26 heavy (non-hydrogen) atoms. The van der Waals surface area contributed by atoms with Gasteiger partial charge in [-0.1, -0.05) is 5.16 Å². The molecule has 2 aromatic rings. The first kappa shape index (κ1) is 20.4. The van der Waals surface area contributed by atoms with Crippen LogP contribution in [0.5, 0.6) is 23.0 Å². The first-order valence-corrected chi connectivity index (χ1v) is 9.10. The molecule has 0 saturated heterocycles. The number of ether oxygens (including phenoxy) is 4. The third-order valence-corrected chi connectivity index (χ3v) is 5.99. The van der Waals surface area contributed by atoms with Gasteiger partial charge in [-0.25, -0.2) is 0 Å². The van der Waals surface area contributed by atoms with Crippen LogP contribution in [0, 0.1) is 0 Å². The molecule has 0 amide bonds. The lowest BCUT2D eigenvalue weighted by Gasteiger charge is -2.17. The third kappa shape index (κ3) is 4.07. The minimum absolute atomic E-state index is 0.520. The van der Waals surface area contributed by atoms with Crippen LogP contribution in [0.4, 0.5) is 0 Å². The largest absolute Gasteiger partial charge is 0.493 e. The fourth-order valence-corrected chi connectivity index (χ4v) is 3.70. The molecule has 0 fully saturated rings. The predicted molar refractivity (Wildman–Crippen MR) is 107 cm³/mol. The van der Waals surface area contributed by atoms with Crippen molar-refractivity contribution in [3.05, 3.63) is 43.8 Å². The molecular formula is C18H19Br2NO5. The topological polar surface area (TPSA) is 69.5 Å². The molecule has 0 aliphatic carbocycles. The van der Waals surface area contributed by atoms with Crippen LogP contribution in [0.2, 0.25) is 0 Å². The Morgan fingerprint density at radius 1 is 0.846 bits per heavy atom.